The van der Waals surface area contributed by atoms with Gasteiger partial charge < -0.3 is 10.2 Å². The topological polar surface area (TPSA) is 74.6 Å². The Labute approximate surface area is 93.8 Å². The second-order valence-corrected chi connectivity index (χ2v) is 2.81. The molecule has 1 aliphatic carbocycles. The quantitative estimate of drug-likeness (QED) is 0.722. The molecule has 6 heteroatoms. The molecule has 1 rings (SSSR count). The molecule has 82 valence electrons. The lowest BCUT2D eigenvalue weighted by Crippen LogP contribution is -2.30. The van der Waals surface area contributed by atoms with Gasteiger partial charge >= 0.3 is 11.9 Å². The molecule has 0 aromatic heterocycles. The van der Waals surface area contributed by atoms with Crippen LogP contribution in [0.4, 0.5) is 0 Å². The van der Waals surface area contributed by atoms with Gasteiger partial charge in [0.2, 0.25) is 0 Å². The molecule has 0 heterocycles. The van der Waals surface area contributed by atoms with Crippen LogP contribution in [0.1, 0.15) is 12.8 Å². The predicted octanol–water partition coefficient (Wildman–Crippen LogP) is 1.58. The van der Waals surface area contributed by atoms with Gasteiger partial charge in [0.15, 0.2) is 0 Å². The molecule has 14 heavy (non-hydrogen) atoms. The smallest absolute Gasteiger partial charge is 0.311 e. The first-order valence-corrected chi connectivity index (χ1v) is 3.75. The normalized spacial score (nSPS) is 24.3. The Balaban J connectivity index is 0. The zero-order valence-corrected chi connectivity index (χ0v) is 8.88. The molecule has 2 unspecified atom stereocenters. The molecule has 0 aliphatic heterocycles. The lowest BCUT2D eigenvalue weighted by Gasteiger charge is -2.19. The Morgan fingerprint density at radius 1 is 1.14 bits per heavy atom. The highest BCUT2D eigenvalue weighted by atomic mass is 35.5. The summed E-state index contributed by atoms with van der Waals surface area (Å²) in [5.74, 6) is -3.69. The number of aliphatic carboxylic acids is 2. The molecule has 0 aromatic carbocycles. The molecule has 2 atom stereocenters. The zero-order valence-electron chi connectivity index (χ0n) is 7.25. The van der Waals surface area contributed by atoms with Gasteiger partial charge in [-0.25, -0.2) is 0 Å². The van der Waals surface area contributed by atoms with Crippen molar-refractivity contribution in [1.29, 1.82) is 0 Å². The molecule has 2 N–H and O–H groups in total. The lowest BCUT2D eigenvalue weighted by atomic mass is 9.84. The van der Waals surface area contributed by atoms with E-state index in [0.717, 1.165) is 0 Å². The van der Waals surface area contributed by atoms with Crippen molar-refractivity contribution in [1.82, 2.24) is 0 Å². The molecule has 0 saturated heterocycles. The zero-order chi connectivity index (χ0) is 9.14. The maximum atomic E-state index is 10.6. The number of hydrogen-bond acceptors (Lipinski definition) is 2. The summed E-state index contributed by atoms with van der Waals surface area (Å²) < 4.78 is 0. The number of carboxylic acids is 2. The first kappa shape index (κ1) is 15.7. The summed E-state index contributed by atoms with van der Waals surface area (Å²) in [6.07, 6.45) is 4.26. The summed E-state index contributed by atoms with van der Waals surface area (Å²) in [4.78, 5) is 21.1. The minimum atomic E-state index is -1.06. The van der Waals surface area contributed by atoms with Crippen molar-refractivity contribution in [3.8, 4) is 0 Å². The fourth-order valence-electron chi connectivity index (χ4n) is 1.36. The van der Waals surface area contributed by atoms with Crippen LogP contribution in [0.25, 0.3) is 0 Å². The van der Waals surface area contributed by atoms with Crippen LogP contribution >= 0.6 is 24.8 Å². The van der Waals surface area contributed by atoms with Crippen molar-refractivity contribution in [2.75, 3.05) is 0 Å². The van der Waals surface area contributed by atoms with E-state index in [4.69, 9.17) is 10.2 Å². The molecule has 4 nitrogen and oxygen atoms in total. The lowest BCUT2D eigenvalue weighted by molar-refractivity contribution is -0.152. The van der Waals surface area contributed by atoms with Crippen LogP contribution in [0.15, 0.2) is 12.2 Å². The summed E-state index contributed by atoms with van der Waals surface area (Å²) >= 11 is 0. The molecule has 0 radical (unpaired) electrons. The van der Waals surface area contributed by atoms with E-state index in [1.165, 1.54) is 6.08 Å². The standard InChI is InChI=1S/C8H10O4.2ClH/c9-7(10)5-3-1-2-4-6(5)8(11)12;;/h1,3,5-6H,2,4H2,(H,9,10)(H,11,12);2*1H. The highest BCUT2D eigenvalue weighted by molar-refractivity contribution is 5.85. The number of allylic oxidation sites excluding steroid dienone is 1. The largest absolute Gasteiger partial charge is 0.481 e. The maximum Gasteiger partial charge on any atom is 0.311 e. The fourth-order valence-corrected chi connectivity index (χ4v) is 1.36. The van der Waals surface area contributed by atoms with Crippen LogP contribution in [0, 0.1) is 11.8 Å². The third-order valence-corrected chi connectivity index (χ3v) is 2.02. The highest BCUT2D eigenvalue weighted by Crippen LogP contribution is 2.24. The van der Waals surface area contributed by atoms with Crippen LogP contribution in [0.3, 0.4) is 0 Å². The molecule has 0 saturated carbocycles. The van der Waals surface area contributed by atoms with Gasteiger partial charge in [0, 0.05) is 0 Å². The van der Waals surface area contributed by atoms with Crippen LogP contribution in [-0.2, 0) is 9.59 Å². The van der Waals surface area contributed by atoms with Crippen molar-refractivity contribution < 1.29 is 19.8 Å². The minimum Gasteiger partial charge on any atom is -0.481 e. The van der Waals surface area contributed by atoms with Crippen LogP contribution in [0.2, 0.25) is 0 Å². The first-order valence-electron chi connectivity index (χ1n) is 3.75. The van der Waals surface area contributed by atoms with E-state index >= 15 is 0 Å². The van der Waals surface area contributed by atoms with Crippen molar-refractivity contribution in [3.05, 3.63) is 12.2 Å². The molecule has 0 fully saturated rings. The summed E-state index contributed by atoms with van der Waals surface area (Å²) in [5.41, 5.74) is 0. The number of carboxylic acid groups (broad SMARTS) is 2. The van der Waals surface area contributed by atoms with Gasteiger partial charge in [-0.3, -0.25) is 9.59 Å². The fraction of sp³-hybridized carbons (Fsp3) is 0.500. The van der Waals surface area contributed by atoms with Gasteiger partial charge in [-0.2, -0.15) is 0 Å². The van der Waals surface area contributed by atoms with Crippen molar-refractivity contribution in [3.63, 3.8) is 0 Å². The number of rotatable bonds is 2. The second-order valence-electron chi connectivity index (χ2n) is 2.81. The SMILES string of the molecule is Cl.Cl.O=C(O)C1C=CCCC1C(=O)O. The van der Waals surface area contributed by atoms with Gasteiger partial charge in [-0.05, 0) is 12.8 Å². The second kappa shape index (κ2) is 6.68. The van der Waals surface area contributed by atoms with Gasteiger partial charge in [0.1, 0.15) is 0 Å². The van der Waals surface area contributed by atoms with Gasteiger partial charge in [0.25, 0.3) is 0 Å². The third-order valence-electron chi connectivity index (χ3n) is 2.02. The van der Waals surface area contributed by atoms with E-state index in [-0.39, 0.29) is 24.8 Å². The predicted molar refractivity (Wildman–Crippen MR) is 55.1 cm³/mol. The van der Waals surface area contributed by atoms with Crippen molar-refractivity contribution in [2.45, 2.75) is 12.8 Å². The molecular weight excluding hydrogens is 231 g/mol. The Morgan fingerprint density at radius 2 is 1.71 bits per heavy atom. The van der Waals surface area contributed by atoms with E-state index in [1.54, 1.807) is 6.08 Å². The van der Waals surface area contributed by atoms with Crippen LogP contribution in [-0.4, -0.2) is 22.2 Å². The summed E-state index contributed by atoms with van der Waals surface area (Å²) in [6.45, 7) is 0. The molecule has 0 bridgehead atoms. The monoisotopic (exact) mass is 242 g/mol. The van der Waals surface area contributed by atoms with Crippen LogP contribution < -0.4 is 0 Å². The average Bonchev–Trinajstić information content (AvgIpc) is 2.04. The van der Waals surface area contributed by atoms with Gasteiger partial charge in [-0.15, -0.1) is 24.8 Å². The van der Waals surface area contributed by atoms with E-state index in [9.17, 15) is 9.59 Å². The van der Waals surface area contributed by atoms with Crippen molar-refractivity contribution >= 4 is 36.8 Å². The molecular formula is C8H12Cl2O4. The van der Waals surface area contributed by atoms with E-state index in [2.05, 4.69) is 0 Å². The molecule has 0 amide bonds. The van der Waals surface area contributed by atoms with E-state index in [1.807, 2.05) is 0 Å². The summed E-state index contributed by atoms with van der Waals surface area (Å²) in [6, 6.07) is 0. The highest BCUT2D eigenvalue weighted by Gasteiger charge is 2.32. The summed E-state index contributed by atoms with van der Waals surface area (Å²) in [7, 11) is 0. The third kappa shape index (κ3) is 3.55. The van der Waals surface area contributed by atoms with Crippen molar-refractivity contribution in [2.24, 2.45) is 11.8 Å². The number of halogens is 2. The van der Waals surface area contributed by atoms with Gasteiger partial charge in [-0.1, -0.05) is 12.2 Å². The maximum absolute atomic E-state index is 10.6. The van der Waals surface area contributed by atoms with E-state index in [0.29, 0.717) is 12.8 Å². The Bertz CT molecular complexity index is 239. The van der Waals surface area contributed by atoms with Gasteiger partial charge in [0.05, 0.1) is 11.8 Å². The number of hydrogen-bond donors (Lipinski definition) is 2. The minimum absolute atomic E-state index is 0. The van der Waals surface area contributed by atoms with E-state index < -0.39 is 23.8 Å². The summed E-state index contributed by atoms with van der Waals surface area (Å²) in [5, 5.41) is 17.3. The Kier molecular flexibility index (Phi) is 7.50. The Hall–Kier alpha value is -0.740. The number of carbonyl (C=O) groups is 2. The molecule has 0 spiro atoms. The molecule has 1 aliphatic rings. The first-order chi connectivity index (χ1) is 5.63. The Morgan fingerprint density at radius 3 is 2.07 bits per heavy atom. The van der Waals surface area contributed by atoms with Crippen LogP contribution in [0.5, 0.6) is 0 Å². The molecule has 0 aromatic rings. The average molecular weight is 243 g/mol.